The van der Waals surface area contributed by atoms with E-state index < -0.39 is 15.6 Å². The van der Waals surface area contributed by atoms with E-state index >= 15 is 0 Å². The van der Waals surface area contributed by atoms with Gasteiger partial charge in [0.05, 0.1) is 18.1 Å². The number of rotatable bonds is 3. The first-order valence-electron chi connectivity index (χ1n) is 7.58. The Balaban J connectivity index is 1.62. The molecule has 3 heterocycles. The van der Waals surface area contributed by atoms with E-state index in [1.54, 1.807) is 13.1 Å². The quantitative estimate of drug-likeness (QED) is 0.853. The van der Waals surface area contributed by atoms with Crippen molar-refractivity contribution in [1.82, 2.24) is 14.3 Å². The van der Waals surface area contributed by atoms with Crippen LogP contribution in [-0.2, 0) is 27.0 Å². The first kappa shape index (κ1) is 14.7. The van der Waals surface area contributed by atoms with E-state index in [1.807, 2.05) is 30.3 Å². The van der Waals surface area contributed by atoms with Crippen molar-refractivity contribution < 1.29 is 13.2 Å². The molecule has 0 N–H and O–H groups in total. The van der Waals surface area contributed by atoms with Gasteiger partial charge >= 0.3 is 0 Å². The highest BCUT2D eigenvalue weighted by Crippen LogP contribution is 2.43. The summed E-state index contributed by atoms with van der Waals surface area (Å²) in [6.45, 7) is 2.76. The summed E-state index contributed by atoms with van der Waals surface area (Å²) >= 11 is 0. The van der Waals surface area contributed by atoms with E-state index in [9.17, 15) is 8.42 Å². The molecule has 0 saturated carbocycles. The molecular formula is C16H17N3O3S. The molecule has 23 heavy (non-hydrogen) atoms. The molecule has 2 aliphatic rings. The lowest BCUT2D eigenvalue weighted by Crippen LogP contribution is -2.61. The van der Waals surface area contributed by atoms with Gasteiger partial charge in [0.25, 0.3) is 0 Å². The minimum atomic E-state index is -3.17. The van der Waals surface area contributed by atoms with Gasteiger partial charge in [-0.2, -0.15) is 4.31 Å². The lowest BCUT2D eigenvalue weighted by Gasteiger charge is -2.45. The van der Waals surface area contributed by atoms with Crippen LogP contribution < -0.4 is 0 Å². The number of fused-ring (bicyclic) bond motifs is 2. The summed E-state index contributed by atoms with van der Waals surface area (Å²) in [5, 5.41) is 0. The first-order valence-corrected chi connectivity index (χ1v) is 9.19. The Bertz CT molecular complexity index is 846. The van der Waals surface area contributed by atoms with E-state index in [0.29, 0.717) is 25.5 Å². The molecule has 2 aromatic rings. The van der Waals surface area contributed by atoms with Crippen LogP contribution in [0.2, 0.25) is 0 Å². The van der Waals surface area contributed by atoms with Gasteiger partial charge in [-0.3, -0.25) is 0 Å². The number of benzene rings is 1. The fraction of sp³-hybridized carbons (Fsp3) is 0.375. The third kappa shape index (κ3) is 2.27. The van der Waals surface area contributed by atoms with Crippen molar-refractivity contribution >= 4 is 10.0 Å². The Morgan fingerprint density at radius 2 is 2.00 bits per heavy atom. The first-order chi connectivity index (χ1) is 11.0. The summed E-state index contributed by atoms with van der Waals surface area (Å²) < 4.78 is 31.2. The van der Waals surface area contributed by atoms with Gasteiger partial charge in [0.2, 0.25) is 10.0 Å². The van der Waals surface area contributed by atoms with Gasteiger partial charge in [-0.1, -0.05) is 30.3 Å². The SMILES string of the molecule is CCS(=O)(=O)N1CC2(C1)OCc1nc(-c3ccccc3)ncc12. The monoisotopic (exact) mass is 331 g/mol. The fourth-order valence-electron chi connectivity index (χ4n) is 3.08. The van der Waals surface area contributed by atoms with Crippen LogP contribution in [0.15, 0.2) is 36.5 Å². The number of sulfonamides is 1. The highest BCUT2D eigenvalue weighted by atomic mass is 32.2. The summed E-state index contributed by atoms with van der Waals surface area (Å²) in [6.07, 6.45) is 1.79. The van der Waals surface area contributed by atoms with Gasteiger partial charge in [0.15, 0.2) is 5.82 Å². The topological polar surface area (TPSA) is 72.4 Å². The summed E-state index contributed by atoms with van der Waals surface area (Å²) in [5.41, 5.74) is 2.17. The van der Waals surface area contributed by atoms with E-state index in [1.165, 1.54) is 4.31 Å². The Labute approximate surface area is 135 Å². The van der Waals surface area contributed by atoms with Crippen molar-refractivity contribution in [3.05, 3.63) is 47.8 Å². The van der Waals surface area contributed by atoms with Crippen molar-refractivity contribution in [3.63, 3.8) is 0 Å². The van der Waals surface area contributed by atoms with Crippen molar-refractivity contribution in [2.24, 2.45) is 0 Å². The molecule has 0 atom stereocenters. The highest BCUT2D eigenvalue weighted by Gasteiger charge is 2.54. The van der Waals surface area contributed by atoms with Crippen LogP contribution in [0.1, 0.15) is 18.2 Å². The Kier molecular flexibility index (Phi) is 3.26. The molecule has 0 aliphatic carbocycles. The second kappa shape index (κ2) is 5.09. The molecule has 0 amide bonds. The van der Waals surface area contributed by atoms with Crippen molar-refractivity contribution in [3.8, 4) is 11.4 Å². The van der Waals surface area contributed by atoms with Gasteiger partial charge in [-0.05, 0) is 6.92 Å². The molecule has 0 radical (unpaired) electrons. The molecule has 1 fully saturated rings. The third-order valence-electron chi connectivity index (χ3n) is 4.50. The summed E-state index contributed by atoms with van der Waals surface area (Å²) in [6, 6.07) is 9.77. The molecule has 6 nitrogen and oxygen atoms in total. The van der Waals surface area contributed by atoms with Gasteiger partial charge < -0.3 is 4.74 Å². The van der Waals surface area contributed by atoms with Crippen LogP contribution in [0.25, 0.3) is 11.4 Å². The Hall–Kier alpha value is -1.83. The van der Waals surface area contributed by atoms with Gasteiger partial charge in [0, 0.05) is 30.4 Å². The van der Waals surface area contributed by atoms with Gasteiger partial charge in [-0.25, -0.2) is 18.4 Å². The molecule has 1 aromatic heterocycles. The number of nitrogens with zero attached hydrogens (tertiary/aromatic N) is 3. The average molecular weight is 331 g/mol. The summed E-state index contributed by atoms with van der Waals surface area (Å²) in [7, 11) is -3.17. The predicted octanol–water partition coefficient (Wildman–Crippen LogP) is 1.53. The zero-order valence-corrected chi connectivity index (χ0v) is 13.6. The number of aromatic nitrogens is 2. The Morgan fingerprint density at radius 3 is 2.70 bits per heavy atom. The van der Waals surface area contributed by atoms with Crippen LogP contribution in [0.3, 0.4) is 0 Å². The molecule has 1 aromatic carbocycles. The minimum absolute atomic E-state index is 0.110. The molecule has 2 aliphatic heterocycles. The number of hydrogen-bond donors (Lipinski definition) is 0. The highest BCUT2D eigenvalue weighted by molar-refractivity contribution is 7.89. The lowest BCUT2D eigenvalue weighted by atomic mass is 9.90. The van der Waals surface area contributed by atoms with Crippen LogP contribution in [0, 0.1) is 0 Å². The normalized spacial score (nSPS) is 19.5. The van der Waals surface area contributed by atoms with Crippen LogP contribution >= 0.6 is 0 Å². The largest absolute Gasteiger partial charge is 0.361 e. The van der Waals surface area contributed by atoms with Crippen LogP contribution in [0.5, 0.6) is 0 Å². The average Bonchev–Trinajstić information content (AvgIpc) is 2.93. The molecule has 0 bridgehead atoms. The number of ether oxygens (including phenoxy) is 1. The van der Waals surface area contributed by atoms with E-state index in [2.05, 4.69) is 9.97 Å². The molecule has 1 saturated heterocycles. The smallest absolute Gasteiger partial charge is 0.214 e. The Morgan fingerprint density at radius 1 is 1.26 bits per heavy atom. The zero-order chi connectivity index (χ0) is 16.1. The molecule has 4 rings (SSSR count). The molecule has 1 spiro atoms. The second-order valence-corrected chi connectivity index (χ2v) is 8.13. The maximum atomic E-state index is 11.9. The second-order valence-electron chi connectivity index (χ2n) is 5.87. The third-order valence-corrected chi connectivity index (χ3v) is 6.27. The van der Waals surface area contributed by atoms with Gasteiger partial charge in [-0.15, -0.1) is 0 Å². The minimum Gasteiger partial charge on any atom is -0.361 e. The summed E-state index contributed by atoms with van der Waals surface area (Å²) in [4.78, 5) is 9.05. The van der Waals surface area contributed by atoms with Crippen molar-refractivity contribution in [1.29, 1.82) is 0 Å². The number of hydrogen-bond acceptors (Lipinski definition) is 5. The standard InChI is InChI=1S/C16H17N3O3S/c1-2-23(20,21)19-10-16(11-19)13-8-17-15(18-14(13)9-22-16)12-6-4-3-5-7-12/h3-8H,2,9-11H2,1H3. The zero-order valence-electron chi connectivity index (χ0n) is 12.8. The maximum Gasteiger partial charge on any atom is 0.214 e. The molecular weight excluding hydrogens is 314 g/mol. The fourth-order valence-corrected chi connectivity index (χ4v) is 4.26. The van der Waals surface area contributed by atoms with Crippen LogP contribution in [0.4, 0.5) is 0 Å². The lowest BCUT2D eigenvalue weighted by molar-refractivity contribution is -0.112. The van der Waals surface area contributed by atoms with E-state index in [-0.39, 0.29) is 5.75 Å². The molecule has 120 valence electrons. The predicted molar refractivity (Wildman–Crippen MR) is 85.0 cm³/mol. The van der Waals surface area contributed by atoms with Gasteiger partial charge in [0.1, 0.15) is 5.60 Å². The van der Waals surface area contributed by atoms with E-state index in [0.717, 1.165) is 16.8 Å². The molecule has 0 unspecified atom stereocenters. The summed E-state index contributed by atoms with van der Waals surface area (Å²) in [5.74, 6) is 0.779. The molecule has 7 heteroatoms. The van der Waals surface area contributed by atoms with Crippen LogP contribution in [-0.4, -0.2) is 41.5 Å². The van der Waals surface area contributed by atoms with Crippen molar-refractivity contribution in [2.75, 3.05) is 18.8 Å². The van der Waals surface area contributed by atoms with E-state index in [4.69, 9.17) is 4.74 Å². The van der Waals surface area contributed by atoms with Crippen molar-refractivity contribution in [2.45, 2.75) is 19.1 Å². The maximum absolute atomic E-state index is 11.9.